The molecule has 2 unspecified atom stereocenters. The Bertz CT molecular complexity index is 652. The molecular weight excluding hydrogens is 316 g/mol. The van der Waals surface area contributed by atoms with Crippen LogP contribution in [-0.4, -0.2) is 34.0 Å². The first-order valence-electron chi connectivity index (χ1n) is 9.80. The second kappa shape index (κ2) is 5.50. The molecule has 4 heteroatoms. The van der Waals surface area contributed by atoms with Crippen molar-refractivity contribution in [1.29, 1.82) is 0 Å². The summed E-state index contributed by atoms with van der Waals surface area (Å²) in [6.07, 6.45) is 5.12. The van der Waals surface area contributed by atoms with Crippen LogP contribution < -0.4 is 0 Å². The zero-order valence-electron chi connectivity index (χ0n) is 15.5. The van der Waals surface area contributed by atoms with Gasteiger partial charge >= 0.3 is 0 Å². The third-order valence-corrected chi connectivity index (χ3v) is 8.41. The molecule has 0 saturated heterocycles. The number of carbonyl (C=O) groups excluding carboxylic acids is 2. The highest BCUT2D eigenvalue weighted by atomic mass is 16.3. The van der Waals surface area contributed by atoms with E-state index >= 15 is 0 Å². The van der Waals surface area contributed by atoms with Crippen molar-refractivity contribution < 1.29 is 19.8 Å². The minimum atomic E-state index is -0.876. The quantitative estimate of drug-likeness (QED) is 0.716. The van der Waals surface area contributed by atoms with E-state index in [-0.39, 0.29) is 34.7 Å². The van der Waals surface area contributed by atoms with Crippen LogP contribution in [0.2, 0.25) is 0 Å². The summed E-state index contributed by atoms with van der Waals surface area (Å²) in [5.41, 5.74) is 0.279. The van der Waals surface area contributed by atoms with Crippen molar-refractivity contribution in [2.45, 2.75) is 71.5 Å². The van der Waals surface area contributed by atoms with Gasteiger partial charge in [-0.15, -0.1) is 0 Å². The fourth-order valence-electron chi connectivity index (χ4n) is 7.23. The number of allylic oxidation sites excluding steroid dienone is 1. The third-order valence-electron chi connectivity index (χ3n) is 8.41. The fraction of sp³-hybridized carbons (Fsp3) is 0.810. The van der Waals surface area contributed by atoms with Crippen LogP contribution in [0.4, 0.5) is 0 Å². The van der Waals surface area contributed by atoms with Crippen molar-refractivity contribution in [2.75, 3.05) is 0 Å². The van der Waals surface area contributed by atoms with Crippen LogP contribution >= 0.6 is 0 Å². The van der Waals surface area contributed by atoms with E-state index < -0.39 is 17.6 Å². The maximum Gasteiger partial charge on any atom is 0.137 e. The second-order valence-electron chi connectivity index (χ2n) is 9.44. The van der Waals surface area contributed by atoms with Crippen LogP contribution in [0, 0.1) is 34.5 Å². The van der Waals surface area contributed by atoms with E-state index in [4.69, 9.17) is 0 Å². The first-order chi connectivity index (χ1) is 11.7. The molecule has 0 aromatic carbocycles. The van der Waals surface area contributed by atoms with Gasteiger partial charge in [-0.05, 0) is 56.3 Å². The van der Waals surface area contributed by atoms with E-state index in [1.807, 2.05) is 6.92 Å². The Kier molecular flexibility index (Phi) is 3.83. The molecule has 8 atom stereocenters. The summed E-state index contributed by atoms with van der Waals surface area (Å²) in [5, 5.41) is 21.1. The first-order valence-corrected chi connectivity index (χ1v) is 9.80. The molecule has 0 bridgehead atoms. The Morgan fingerprint density at radius 3 is 2.60 bits per heavy atom. The second-order valence-corrected chi connectivity index (χ2v) is 9.44. The zero-order chi connectivity index (χ0) is 18.1. The maximum absolute atomic E-state index is 13.3. The molecule has 0 radical (unpaired) electrons. The molecule has 3 fully saturated rings. The van der Waals surface area contributed by atoms with Gasteiger partial charge in [0, 0.05) is 23.7 Å². The van der Waals surface area contributed by atoms with E-state index in [9.17, 15) is 19.8 Å². The van der Waals surface area contributed by atoms with Crippen LogP contribution in [0.25, 0.3) is 0 Å². The Labute approximate surface area is 149 Å². The van der Waals surface area contributed by atoms with Crippen LogP contribution in [0.3, 0.4) is 0 Å². The van der Waals surface area contributed by atoms with Gasteiger partial charge in [-0.1, -0.05) is 25.5 Å². The van der Waals surface area contributed by atoms with E-state index in [0.29, 0.717) is 18.8 Å². The third kappa shape index (κ3) is 2.13. The summed E-state index contributed by atoms with van der Waals surface area (Å²) in [6.45, 7) is 5.79. The number of aliphatic hydroxyl groups is 2. The number of carbonyl (C=O) groups is 2. The number of ketones is 2. The SMILES string of the molecule is CC(=O)[C@H]1CC[C@H]2[C@@H]3CC=C4CCC(O)C(O)[C@]4(C)[C@H]3C(=O)C[C@]12C. The van der Waals surface area contributed by atoms with Gasteiger partial charge in [-0.3, -0.25) is 9.59 Å². The highest BCUT2D eigenvalue weighted by Crippen LogP contribution is 2.65. The molecule has 0 spiro atoms. The lowest BCUT2D eigenvalue weighted by atomic mass is 9.46. The summed E-state index contributed by atoms with van der Waals surface area (Å²) < 4.78 is 0. The zero-order valence-corrected chi connectivity index (χ0v) is 15.5. The van der Waals surface area contributed by atoms with Gasteiger partial charge in [-0.2, -0.15) is 0 Å². The van der Waals surface area contributed by atoms with Gasteiger partial charge in [0.15, 0.2) is 0 Å². The Morgan fingerprint density at radius 2 is 1.92 bits per heavy atom. The molecule has 0 aromatic heterocycles. The van der Waals surface area contributed by atoms with Gasteiger partial charge in [-0.25, -0.2) is 0 Å². The minimum absolute atomic E-state index is 0.0116. The van der Waals surface area contributed by atoms with Gasteiger partial charge in [0.1, 0.15) is 11.6 Å². The largest absolute Gasteiger partial charge is 0.390 e. The van der Waals surface area contributed by atoms with Gasteiger partial charge in [0.25, 0.3) is 0 Å². The fourth-order valence-corrected chi connectivity index (χ4v) is 7.23. The van der Waals surface area contributed by atoms with Gasteiger partial charge < -0.3 is 10.2 Å². The standard InChI is InChI=1S/C21H30O4/c1-11(22)14-7-8-15-13-6-4-12-5-9-16(23)19(25)21(12,3)18(13)17(24)10-20(14,15)2/h4,13-16,18-19,23,25H,5-10H2,1-3H3/t13-,14+,15-,16?,18+,19?,20+,21-/m0/s1. The average Bonchev–Trinajstić information content (AvgIpc) is 2.88. The number of rotatable bonds is 1. The molecule has 138 valence electrons. The van der Waals surface area contributed by atoms with Crippen molar-refractivity contribution in [2.24, 2.45) is 34.5 Å². The molecule has 0 aromatic rings. The van der Waals surface area contributed by atoms with Crippen LogP contribution in [0.15, 0.2) is 11.6 Å². The lowest BCUT2D eigenvalue weighted by molar-refractivity contribution is -0.159. The van der Waals surface area contributed by atoms with E-state index in [1.165, 1.54) is 0 Å². The van der Waals surface area contributed by atoms with E-state index in [0.717, 1.165) is 31.3 Å². The van der Waals surface area contributed by atoms with Crippen molar-refractivity contribution in [1.82, 2.24) is 0 Å². The summed E-state index contributed by atoms with van der Waals surface area (Å²) in [4.78, 5) is 25.5. The Balaban J connectivity index is 1.77. The molecule has 2 N–H and O–H groups in total. The average molecular weight is 346 g/mol. The van der Waals surface area contributed by atoms with E-state index in [2.05, 4.69) is 13.0 Å². The van der Waals surface area contributed by atoms with E-state index in [1.54, 1.807) is 6.92 Å². The topological polar surface area (TPSA) is 74.6 Å². The molecule has 3 saturated carbocycles. The van der Waals surface area contributed by atoms with Crippen molar-refractivity contribution in [3.05, 3.63) is 11.6 Å². The molecular formula is C21H30O4. The van der Waals surface area contributed by atoms with Crippen LogP contribution in [-0.2, 0) is 9.59 Å². The normalized spacial score (nSPS) is 52.0. The van der Waals surface area contributed by atoms with Crippen molar-refractivity contribution >= 4 is 11.6 Å². The smallest absolute Gasteiger partial charge is 0.137 e. The molecule has 4 aliphatic rings. The molecule has 4 nitrogen and oxygen atoms in total. The summed E-state index contributed by atoms with van der Waals surface area (Å²) >= 11 is 0. The molecule has 0 aliphatic heterocycles. The molecule has 0 heterocycles. The first kappa shape index (κ1) is 17.4. The molecule has 0 amide bonds. The molecule has 4 rings (SSSR count). The lowest BCUT2D eigenvalue weighted by Crippen LogP contribution is -2.60. The maximum atomic E-state index is 13.3. The summed E-state index contributed by atoms with van der Waals surface area (Å²) in [7, 11) is 0. The monoisotopic (exact) mass is 346 g/mol. The highest BCUT2D eigenvalue weighted by Gasteiger charge is 2.64. The van der Waals surface area contributed by atoms with Gasteiger partial charge in [0.2, 0.25) is 0 Å². The summed E-state index contributed by atoms with van der Waals surface area (Å²) in [5.74, 6) is 0.707. The lowest BCUT2D eigenvalue weighted by Gasteiger charge is -2.58. The van der Waals surface area contributed by atoms with Crippen molar-refractivity contribution in [3.8, 4) is 0 Å². The Hall–Kier alpha value is -1.00. The van der Waals surface area contributed by atoms with Crippen LogP contribution in [0.5, 0.6) is 0 Å². The predicted molar refractivity (Wildman–Crippen MR) is 93.7 cm³/mol. The Morgan fingerprint density at radius 1 is 1.20 bits per heavy atom. The van der Waals surface area contributed by atoms with Crippen molar-refractivity contribution in [3.63, 3.8) is 0 Å². The number of aliphatic hydroxyl groups excluding tert-OH is 2. The number of hydrogen-bond donors (Lipinski definition) is 2. The number of fused-ring (bicyclic) bond motifs is 5. The minimum Gasteiger partial charge on any atom is -0.390 e. The molecule has 25 heavy (non-hydrogen) atoms. The predicted octanol–water partition coefficient (Wildman–Crippen LogP) is 2.67. The number of hydrogen-bond acceptors (Lipinski definition) is 4. The van der Waals surface area contributed by atoms with Gasteiger partial charge in [0.05, 0.1) is 12.2 Å². The highest BCUT2D eigenvalue weighted by molar-refractivity contribution is 5.87. The van der Waals surface area contributed by atoms with Crippen LogP contribution in [0.1, 0.15) is 59.3 Å². The summed E-state index contributed by atoms with van der Waals surface area (Å²) in [6, 6.07) is 0. The molecule has 4 aliphatic carbocycles. The number of Topliss-reactive ketones (excluding diaryl/α,β-unsaturated/α-hetero) is 2.